The summed E-state index contributed by atoms with van der Waals surface area (Å²) in [4.78, 5) is 11.4. The number of aliphatic hydroxyl groups is 1. The van der Waals surface area contributed by atoms with E-state index in [9.17, 15) is 9.90 Å². The average Bonchev–Trinajstić information content (AvgIpc) is 3.19. The summed E-state index contributed by atoms with van der Waals surface area (Å²) in [5.41, 5.74) is 1.13. The second-order valence-electron chi connectivity index (χ2n) is 4.23. The van der Waals surface area contributed by atoms with Gasteiger partial charge < -0.3 is 14.6 Å². The fourth-order valence-corrected chi connectivity index (χ4v) is 1.56. The fraction of sp³-hybridized carbons (Fsp3) is 0.462. The van der Waals surface area contributed by atoms with Crippen molar-refractivity contribution in [3.8, 4) is 5.75 Å². The van der Waals surface area contributed by atoms with Crippen molar-refractivity contribution in [2.45, 2.75) is 19.4 Å². The molecule has 2 rings (SSSR count). The van der Waals surface area contributed by atoms with E-state index >= 15 is 0 Å². The van der Waals surface area contributed by atoms with E-state index in [-0.39, 0.29) is 6.61 Å². The van der Waals surface area contributed by atoms with Crippen molar-refractivity contribution in [1.82, 2.24) is 0 Å². The molecule has 0 unspecified atom stereocenters. The number of hydrogen-bond acceptors (Lipinski definition) is 4. The zero-order valence-corrected chi connectivity index (χ0v) is 9.81. The van der Waals surface area contributed by atoms with Crippen molar-refractivity contribution in [3.05, 3.63) is 29.3 Å². The minimum atomic E-state index is -0.397. The van der Waals surface area contributed by atoms with Gasteiger partial charge >= 0.3 is 5.97 Å². The third kappa shape index (κ3) is 2.97. The Balaban J connectivity index is 2.15. The van der Waals surface area contributed by atoms with Gasteiger partial charge in [0.2, 0.25) is 0 Å². The molecule has 1 saturated carbocycles. The van der Waals surface area contributed by atoms with Crippen LogP contribution < -0.4 is 4.74 Å². The number of hydrogen-bond donors (Lipinski definition) is 1. The molecule has 0 amide bonds. The van der Waals surface area contributed by atoms with Crippen LogP contribution in [-0.2, 0) is 11.3 Å². The van der Waals surface area contributed by atoms with Crippen LogP contribution in [0.3, 0.4) is 0 Å². The highest BCUT2D eigenvalue weighted by molar-refractivity contribution is 5.89. The molecule has 17 heavy (non-hydrogen) atoms. The molecular formula is C13H16O4. The van der Waals surface area contributed by atoms with Gasteiger partial charge in [0, 0.05) is 5.56 Å². The van der Waals surface area contributed by atoms with Crippen LogP contribution in [0.2, 0.25) is 0 Å². The Morgan fingerprint density at radius 1 is 1.47 bits per heavy atom. The Kier molecular flexibility index (Phi) is 3.64. The summed E-state index contributed by atoms with van der Waals surface area (Å²) in [5.74, 6) is 0.802. The molecule has 1 aromatic rings. The normalized spacial score (nSPS) is 14.5. The number of methoxy groups -OCH3 is 1. The Labute approximate surface area is 100 Å². The van der Waals surface area contributed by atoms with E-state index in [0.29, 0.717) is 29.4 Å². The monoisotopic (exact) mass is 236 g/mol. The molecule has 4 heteroatoms. The molecule has 0 heterocycles. The van der Waals surface area contributed by atoms with Crippen LogP contribution in [0.5, 0.6) is 5.75 Å². The lowest BCUT2D eigenvalue weighted by Gasteiger charge is -2.11. The van der Waals surface area contributed by atoms with Crippen molar-refractivity contribution < 1.29 is 19.4 Å². The summed E-state index contributed by atoms with van der Waals surface area (Å²) in [6.45, 7) is 0.555. The van der Waals surface area contributed by atoms with Gasteiger partial charge in [-0.05, 0) is 30.9 Å². The first-order valence-electron chi connectivity index (χ1n) is 5.69. The van der Waals surface area contributed by atoms with Gasteiger partial charge in [0.15, 0.2) is 0 Å². The van der Waals surface area contributed by atoms with Crippen LogP contribution in [0.1, 0.15) is 28.8 Å². The molecule has 0 aliphatic heterocycles. The van der Waals surface area contributed by atoms with E-state index in [1.54, 1.807) is 18.2 Å². The highest BCUT2D eigenvalue weighted by Crippen LogP contribution is 2.30. The third-order valence-electron chi connectivity index (χ3n) is 2.83. The molecule has 0 aromatic heterocycles. The molecule has 1 N–H and O–H groups in total. The Bertz CT molecular complexity index is 410. The molecule has 1 aliphatic rings. The Hall–Kier alpha value is -1.55. The standard InChI is InChI=1S/C13H16O4/c1-16-13(15)10-4-5-11(7-14)12(6-10)17-8-9-2-3-9/h4-6,9,14H,2-3,7-8H2,1H3. The van der Waals surface area contributed by atoms with Gasteiger partial charge in [-0.1, -0.05) is 6.07 Å². The first-order chi connectivity index (χ1) is 8.24. The summed E-state index contributed by atoms with van der Waals surface area (Å²) in [6, 6.07) is 4.94. The summed E-state index contributed by atoms with van der Waals surface area (Å²) in [6.07, 6.45) is 2.40. The van der Waals surface area contributed by atoms with Crippen molar-refractivity contribution in [2.24, 2.45) is 5.92 Å². The lowest BCUT2D eigenvalue weighted by molar-refractivity contribution is 0.0600. The number of carbonyl (C=O) groups excluding carboxylic acids is 1. The molecule has 1 aromatic carbocycles. The molecule has 92 valence electrons. The second-order valence-corrected chi connectivity index (χ2v) is 4.23. The number of carbonyl (C=O) groups is 1. The van der Waals surface area contributed by atoms with Crippen LogP contribution >= 0.6 is 0 Å². The van der Waals surface area contributed by atoms with Crippen molar-refractivity contribution in [2.75, 3.05) is 13.7 Å². The van der Waals surface area contributed by atoms with Gasteiger partial charge in [0.05, 0.1) is 25.9 Å². The van der Waals surface area contributed by atoms with Gasteiger partial charge in [-0.2, -0.15) is 0 Å². The molecule has 0 spiro atoms. The molecule has 0 radical (unpaired) electrons. The smallest absolute Gasteiger partial charge is 0.337 e. The highest BCUT2D eigenvalue weighted by atomic mass is 16.5. The van der Waals surface area contributed by atoms with Crippen LogP contribution in [0.15, 0.2) is 18.2 Å². The van der Waals surface area contributed by atoms with Crippen LogP contribution in [0.25, 0.3) is 0 Å². The summed E-state index contributed by atoms with van der Waals surface area (Å²) in [7, 11) is 1.34. The van der Waals surface area contributed by atoms with Gasteiger partial charge in [-0.25, -0.2) is 4.79 Å². The summed E-state index contributed by atoms with van der Waals surface area (Å²) >= 11 is 0. The first-order valence-corrected chi connectivity index (χ1v) is 5.69. The highest BCUT2D eigenvalue weighted by Gasteiger charge is 2.22. The maximum absolute atomic E-state index is 11.4. The SMILES string of the molecule is COC(=O)c1ccc(CO)c(OCC2CC2)c1. The average molecular weight is 236 g/mol. The Morgan fingerprint density at radius 3 is 2.82 bits per heavy atom. The number of aliphatic hydroxyl groups excluding tert-OH is 1. The predicted octanol–water partition coefficient (Wildman–Crippen LogP) is 1.75. The van der Waals surface area contributed by atoms with E-state index in [0.717, 1.165) is 0 Å². The largest absolute Gasteiger partial charge is 0.493 e. The maximum atomic E-state index is 11.4. The van der Waals surface area contributed by atoms with E-state index in [2.05, 4.69) is 4.74 Å². The maximum Gasteiger partial charge on any atom is 0.337 e. The predicted molar refractivity (Wildman–Crippen MR) is 61.9 cm³/mol. The van der Waals surface area contributed by atoms with Crippen molar-refractivity contribution >= 4 is 5.97 Å². The van der Waals surface area contributed by atoms with Crippen LogP contribution in [0.4, 0.5) is 0 Å². The van der Waals surface area contributed by atoms with E-state index in [1.165, 1.54) is 20.0 Å². The third-order valence-corrected chi connectivity index (χ3v) is 2.83. The lowest BCUT2D eigenvalue weighted by Crippen LogP contribution is -2.06. The second kappa shape index (κ2) is 5.19. The molecule has 1 fully saturated rings. The van der Waals surface area contributed by atoms with Gasteiger partial charge in [0.1, 0.15) is 5.75 Å². The van der Waals surface area contributed by atoms with E-state index < -0.39 is 5.97 Å². The number of rotatable bonds is 5. The molecular weight excluding hydrogens is 220 g/mol. The quantitative estimate of drug-likeness (QED) is 0.791. The van der Waals surface area contributed by atoms with Crippen molar-refractivity contribution in [1.29, 1.82) is 0 Å². The van der Waals surface area contributed by atoms with Gasteiger partial charge in [0.25, 0.3) is 0 Å². The molecule has 1 aliphatic carbocycles. The first kappa shape index (κ1) is 11.9. The zero-order chi connectivity index (χ0) is 12.3. The minimum absolute atomic E-state index is 0.0958. The molecule has 0 bridgehead atoms. The summed E-state index contributed by atoms with van der Waals surface area (Å²) in [5, 5.41) is 9.19. The van der Waals surface area contributed by atoms with Crippen molar-refractivity contribution in [3.63, 3.8) is 0 Å². The molecule has 4 nitrogen and oxygen atoms in total. The summed E-state index contributed by atoms with van der Waals surface area (Å²) < 4.78 is 10.3. The molecule has 0 saturated heterocycles. The fourth-order valence-electron chi connectivity index (χ4n) is 1.56. The Morgan fingerprint density at radius 2 is 2.24 bits per heavy atom. The topological polar surface area (TPSA) is 55.8 Å². The number of esters is 1. The van der Waals surface area contributed by atoms with Gasteiger partial charge in [-0.15, -0.1) is 0 Å². The minimum Gasteiger partial charge on any atom is -0.493 e. The van der Waals surface area contributed by atoms with Crippen LogP contribution in [0, 0.1) is 5.92 Å². The lowest BCUT2D eigenvalue weighted by atomic mass is 10.1. The van der Waals surface area contributed by atoms with Gasteiger partial charge in [-0.3, -0.25) is 0 Å². The van der Waals surface area contributed by atoms with E-state index in [1.807, 2.05) is 0 Å². The van der Waals surface area contributed by atoms with Crippen LogP contribution in [-0.4, -0.2) is 24.8 Å². The zero-order valence-electron chi connectivity index (χ0n) is 9.81. The number of ether oxygens (including phenoxy) is 2. The van der Waals surface area contributed by atoms with E-state index in [4.69, 9.17) is 4.74 Å². The molecule has 0 atom stereocenters. The number of benzene rings is 1.